The summed E-state index contributed by atoms with van der Waals surface area (Å²) in [6.45, 7) is -11.3. The lowest BCUT2D eigenvalue weighted by Crippen LogP contribution is -2.57. The van der Waals surface area contributed by atoms with E-state index in [4.69, 9.17) is 0 Å². The smallest absolute Gasteiger partial charge is 0.490 e. The Morgan fingerprint density at radius 3 is 0.544 bits per heavy atom. The lowest BCUT2D eigenvalue weighted by atomic mass is 9.89. The minimum atomic E-state index is -7.55. The van der Waals surface area contributed by atoms with E-state index in [1.807, 2.05) is 0 Å². The second kappa shape index (κ2) is 21.1. The van der Waals surface area contributed by atoms with Gasteiger partial charge in [-0.15, -0.1) is 0 Å². The van der Waals surface area contributed by atoms with E-state index in [-0.39, 0.29) is 0 Å². The molecule has 0 aliphatic carbocycles. The van der Waals surface area contributed by atoms with Crippen LogP contribution in [0.2, 0.25) is 0 Å². The van der Waals surface area contributed by atoms with E-state index >= 15 is 0 Å². The molecule has 0 spiro atoms. The first-order valence-corrected chi connectivity index (χ1v) is 18.9. The SMILES string of the molecule is FC(F)(F)COC(c1cc(OB(Oc2cc(C(F)(F)F)cc(C(OCC(F)(F)F)(C(F)(F)F)C(F)(F)F)c2)Oc2cc(C(F)(F)F)cc(C(OCC(F)(F)F)(C(F)(F)F)C(F)(F)F)c2)cc(C(F)(F)F)c1)(C(F)(F)F)C(F)(F)F. The van der Waals surface area contributed by atoms with Crippen LogP contribution in [-0.4, -0.2) is 82.7 Å². The van der Waals surface area contributed by atoms with Crippen molar-refractivity contribution in [1.82, 2.24) is 0 Å². The van der Waals surface area contributed by atoms with E-state index < -0.39 is 223 Å². The van der Waals surface area contributed by atoms with Gasteiger partial charge in [-0.1, -0.05) is 0 Å². The number of alkyl halides is 36. The second-order valence-corrected chi connectivity index (χ2v) is 15.1. The van der Waals surface area contributed by atoms with Crippen LogP contribution < -0.4 is 14.0 Å². The highest BCUT2D eigenvalue weighted by Gasteiger charge is 2.77. The standard InChI is InChI=1S/C36H15BF36O6/c38-22(39,40)10-74-25(31(56,57)58,32(59,60)61)13-1-16(28(47,48)49)7-19(4-13)77-37(78-20-5-14(2-17(8-20)29(50,51)52)26(33(62,63)64,34(65,66)67)75-11-23(41,42)43)79-21-6-15(3-18(9-21)30(53,54)55)27(35(68,69)70,36(71,72)73)76-12-24(44,45)46/h1-9H,10-12H2. The summed E-state index contributed by atoms with van der Waals surface area (Å²) in [6.07, 6.45) is -84.0. The van der Waals surface area contributed by atoms with Crippen LogP contribution >= 0.6 is 0 Å². The molecule has 0 aliphatic heterocycles. The van der Waals surface area contributed by atoms with Crippen molar-refractivity contribution in [2.24, 2.45) is 0 Å². The van der Waals surface area contributed by atoms with Gasteiger partial charge in [-0.25, -0.2) is 0 Å². The number of hydrogen-bond donors (Lipinski definition) is 0. The Morgan fingerprint density at radius 2 is 0.405 bits per heavy atom. The molecular weight excluding hydrogens is 1220 g/mol. The summed E-state index contributed by atoms with van der Waals surface area (Å²) in [6, 6.07) is -11.3. The molecule has 3 rings (SSSR count). The zero-order chi connectivity index (χ0) is 62.0. The van der Waals surface area contributed by atoms with Gasteiger partial charge in [-0.05, 0) is 54.6 Å². The summed E-state index contributed by atoms with van der Waals surface area (Å²) in [5.74, 6) is -8.36. The van der Waals surface area contributed by atoms with Crippen molar-refractivity contribution < 1.29 is 186 Å². The monoisotopic (exact) mass is 1240 g/mol. The second-order valence-electron chi connectivity index (χ2n) is 15.1. The van der Waals surface area contributed by atoms with E-state index in [1.165, 1.54) is 0 Å². The Balaban J connectivity index is 2.74. The van der Waals surface area contributed by atoms with E-state index in [1.54, 1.807) is 0 Å². The number of benzene rings is 3. The molecule has 0 aliphatic rings. The molecule has 0 saturated heterocycles. The third-order valence-electron chi connectivity index (χ3n) is 9.37. The van der Waals surface area contributed by atoms with Crippen molar-refractivity contribution in [3.8, 4) is 17.2 Å². The largest absolute Gasteiger partial charge is 0.864 e. The molecule has 0 radical (unpaired) electrons. The molecule has 3 aromatic carbocycles. The van der Waals surface area contributed by atoms with E-state index in [0.29, 0.717) is 0 Å². The van der Waals surface area contributed by atoms with Crippen LogP contribution in [0.1, 0.15) is 33.4 Å². The fourth-order valence-electron chi connectivity index (χ4n) is 6.28. The number of halogens is 36. The maximum absolute atomic E-state index is 14.4. The molecule has 43 heteroatoms. The third-order valence-corrected chi connectivity index (χ3v) is 9.37. The molecule has 0 amide bonds. The Kier molecular flexibility index (Phi) is 18.1. The van der Waals surface area contributed by atoms with Gasteiger partial charge in [0.05, 0.1) is 16.7 Å². The molecule has 0 saturated carbocycles. The highest BCUT2D eigenvalue weighted by atomic mass is 19.5. The molecule has 79 heavy (non-hydrogen) atoms. The van der Waals surface area contributed by atoms with Crippen molar-refractivity contribution in [2.45, 2.75) is 90.9 Å². The van der Waals surface area contributed by atoms with Crippen LogP contribution in [0.25, 0.3) is 0 Å². The van der Waals surface area contributed by atoms with Crippen molar-refractivity contribution in [3.05, 3.63) is 88.0 Å². The predicted octanol–water partition coefficient (Wildman–Crippen LogP) is 16.0. The Labute approximate surface area is 410 Å². The number of ether oxygens (including phenoxy) is 3. The van der Waals surface area contributed by atoms with Gasteiger partial charge in [-0.3, -0.25) is 0 Å². The van der Waals surface area contributed by atoms with Gasteiger partial charge >= 0.3 is 81.4 Å². The van der Waals surface area contributed by atoms with E-state index in [2.05, 4.69) is 28.2 Å². The summed E-state index contributed by atoms with van der Waals surface area (Å²) in [5, 5.41) is 0. The Hall–Kier alpha value is -5.52. The van der Waals surface area contributed by atoms with Crippen molar-refractivity contribution in [3.63, 3.8) is 0 Å². The van der Waals surface area contributed by atoms with E-state index in [0.717, 1.165) is 0 Å². The summed E-state index contributed by atoms with van der Waals surface area (Å²) in [7, 11) is -4.60. The summed E-state index contributed by atoms with van der Waals surface area (Å²) >= 11 is 0. The van der Waals surface area contributed by atoms with Gasteiger partial charge in [0, 0.05) is 16.7 Å². The summed E-state index contributed by atoms with van der Waals surface area (Å²) < 4.78 is 526. The van der Waals surface area contributed by atoms with Gasteiger partial charge in [-0.2, -0.15) is 158 Å². The maximum atomic E-state index is 14.4. The molecule has 6 nitrogen and oxygen atoms in total. The average Bonchev–Trinajstić information content (AvgIpc) is 3.16. The lowest BCUT2D eigenvalue weighted by molar-refractivity contribution is -0.401. The molecule has 0 heterocycles. The first-order chi connectivity index (χ1) is 34.7. The van der Waals surface area contributed by atoms with E-state index in [9.17, 15) is 158 Å². The highest BCUT2D eigenvalue weighted by molar-refractivity contribution is 6.39. The summed E-state index contributed by atoms with van der Waals surface area (Å²) in [4.78, 5) is 0. The van der Waals surface area contributed by atoms with Gasteiger partial charge in [0.1, 0.15) is 37.1 Å². The third kappa shape index (κ3) is 15.3. The minimum Gasteiger partial charge on any atom is -0.490 e. The molecule has 0 atom stereocenters. The van der Waals surface area contributed by atoms with Crippen LogP contribution in [0.3, 0.4) is 0 Å². The fourth-order valence-corrected chi connectivity index (χ4v) is 6.28. The number of rotatable bonds is 15. The van der Waals surface area contributed by atoms with Crippen LogP contribution in [0.4, 0.5) is 158 Å². The molecule has 0 N–H and O–H groups in total. The van der Waals surface area contributed by atoms with Crippen molar-refractivity contribution in [1.29, 1.82) is 0 Å². The average molecular weight is 1240 g/mol. The van der Waals surface area contributed by atoms with Gasteiger partial charge in [0.15, 0.2) is 0 Å². The molecular formula is C36H15BF36O6. The molecule has 0 aromatic heterocycles. The lowest BCUT2D eigenvalue weighted by Gasteiger charge is -2.38. The van der Waals surface area contributed by atoms with Crippen LogP contribution in [0.5, 0.6) is 17.2 Å². The predicted molar refractivity (Wildman–Crippen MR) is 179 cm³/mol. The fraction of sp³-hybridized carbons (Fsp3) is 0.500. The van der Waals surface area contributed by atoms with Crippen LogP contribution in [0.15, 0.2) is 54.6 Å². The normalized spacial score (nSPS) is 14.9. The molecule has 0 bridgehead atoms. The highest BCUT2D eigenvalue weighted by Crippen LogP contribution is 2.58. The Morgan fingerprint density at radius 1 is 0.241 bits per heavy atom. The van der Waals surface area contributed by atoms with Gasteiger partial charge in [0.25, 0.3) is 16.8 Å². The van der Waals surface area contributed by atoms with Crippen molar-refractivity contribution in [2.75, 3.05) is 19.8 Å². The van der Waals surface area contributed by atoms with Gasteiger partial charge < -0.3 is 28.2 Å². The first-order valence-electron chi connectivity index (χ1n) is 18.9. The minimum absolute atomic E-state index is 1.08. The zero-order valence-corrected chi connectivity index (χ0v) is 36.0. The van der Waals surface area contributed by atoms with Gasteiger partial charge in [0.2, 0.25) is 0 Å². The molecule has 3 aromatic rings. The first kappa shape index (κ1) is 67.8. The van der Waals surface area contributed by atoms with Crippen LogP contribution in [-0.2, 0) is 49.5 Å². The molecule has 450 valence electrons. The van der Waals surface area contributed by atoms with Crippen molar-refractivity contribution >= 4 is 7.32 Å². The molecule has 0 fully saturated rings. The quantitative estimate of drug-likeness (QED) is 0.112. The summed E-state index contributed by atoms with van der Waals surface area (Å²) in [5.41, 5.74) is -40.0. The Bertz CT molecular complexity index is 2250. The topological polar surface area (TPSA) is 55.4 Å². The van der Waals surface area contributed by atoms with Crippen LogP contribution in [0, 0.1) is 0 Å². The zero-order valence-electron chi connectivity index (χ0n) is 36.0. The molecule has 0 unspecified atom stereocenters. The maximum Gasteiger partial charge on any atom is 0.864 e. The number of hydrogen-bond acceptors (Lipinski definition) is 6.